The van der Waals surface area contributed by atoms with Crippen molar-refractivity contribution in [1.82, 2.24) is 9.97 Å². The van der Waals surface area contributed by atoms with E-state index in [0.717, 1.165) is 16.3 Å². The molecule has 19 heavy (non-hydrogen) atoms. The van der Waals surface area contributed by atoms with Crippen molar-refractivity contribution in [2.24, 2.45) is 0 Å². The third-order valence-electron chi connectivity index (χ3n) is 2.88. The number of carbonyl (C=O) groups is 1. The lowest BCUT2D eigenvalue weighted by Crippen LogP contribution is -2.02. The smallest absolute Gasteiger partial charge is 0.354 e. The number of nitrogens with zero attached hydrogens (tertiary/aromatic N) is 2. The van der Waals surface area contributed by atoms with Gasteiger partial charge in [0.1, 0.15) is 0 Å². The first-order chi connectivity index (χ1) is 9.24. The number of benzene rings is 2. The molecule has 0 aliphatic carbocycles. The minimum atomic E-state index is -1.05. The van der Waals surface area contributed by atoms with Crippen molar-refractivity contribution < 1.29 is 9.90 Å². The molecule has 0 saturated carbocycles. The third-order valence-corrected chi connectivity index (χ3v) is 2.88. The summed E-state index contributed by atoms with van der Waals surface area (Å²) in [6.07, 6.45) is 1.46. The Kier molecular flexibility index (Phi) is 2.68. The predicted molar refractivity (Wildman–Crippen MR) is 71.9 cm³/mol. The molecule has 3 rings (SSSR count). The number of carboxylic acids is 1. The second kappa shape index (κ2) is 4.49. The largest absolute Gasteiger partial charge is 0.477 e. The monoisotopic (exact) mass is 250 g/mol. The lowest BCUT2D eigenvalue weighted by molar-refractivity contribution is 0.0690. The highest BCUT2D eigenvalue weighted by atomic mass is 16.4. The van der Waals surface area contributed by atoms with Gasteiger partial charge in [-0.25, -0.2) is 14.8 Å². The van der Waals surface area contributed by atoms with Crippen LogP contribution in [0.5, 0.6) is 0 Å². The molecule has 0 radical (unpaired) electrons. The summed E-state index contributed by atoms with van der Waals surface area (Å²) >= 11 is 0. The lowest BCUT2D eigenvalue weighted by atomic mass is 10.1. The highest BCUT2D eigenvalue weighted by Gasteiger charge is 2.08. The van der Waals surface area contributed by atoms with Crippen LogP contribution in [0.1, 0.15) is 10.5 Å². The SMILES string of the molecule is O=C(O)c1ccnc(-c2ccc3ccccc3c2)n1. The highest BCUT2D eigenvalue weighted by Crippen LogP contribution is 2.21. The molecule has 4 heteroatoms. The van der Waals surface area contributed by atoms with E-state index < -0.39 is 5.97 Å². The fourth-order valence-corrected chi connectivity index (χ4v) is 1.95. The normalized spacial score (nSPS) is 10.5. The molecule has 0 saturated heterocycles. The number of aromatic carboxylic acids is 1. The first kappa shape index (κ1) is 11.3. The second-order valence-corrected chi connectivity index (χ2v) is 4.13. The number of hydrogen-bond acceptors (Lipinski definition) is 3. The van der Waals surface area contributed by atoms with Crippen molar-refractivity contribution in [2.75, 3.05) is 0 Å². The molecule has 2 aromatic carbocycles. The summed E-state index contributed by atoms with van der Waals surface area (Å²) in [4.78, 5) is 19.1. The topological polar surface area (TPSA) is 63.1 Å². The van der Waals surface area contributed by atoms with Crippen LogP contribution in [0.3, 0.4) is 0 Å². The van der Waals surface area contributed by atoms with E-state index >= 15 is 0 Å². The van der Waals surface area contributed by atoms with E-state index in [4.69, 9.17) is 5.11 Å². The van der Waals surface area contributed by atoms with E-state index in [9.17, 15) is 4.79 Å². The minimum absolute atomic E-state index is 0.00170. The summed E-state index contributed by atoms with van der Waals surface area (Å²) < 4.78 is 0. The maximum absolute atomic E-state index is 10.9. The zero-order valence-corrected chi connectivity index (χ0v) is 9.95. The van der Waals surface area contributed by atoms with Crippen LogP contribution in [0.2, 0.25) is 0 Å². The van der Waals surface area contributed by atoms with Crippen molar-refractivity contribution in [3.05, 3.63) is 60.4 Å². The Labute approximate surface area is 109 Å². The lowest BCUT2D eigenvalue weighted by Gasteiger charge is -2.03. The first-order valence-electron chi connectivity index (χ1n) is 5.79. The van der Waals surface area contributed by atoms with Gasteiger partial charge in [-0.1, -0.05) is 36.4 Å². The zero-order valence-electron chi connectivity index (χ0n) is 9.95. The summed E-state index contributed by atoms with van der Waals surface area (Å²) in [6.45, 7) is 0. The predicted octanol–water partition coefficient (Wildman–Crippen LogP) is 3.00. The van der Waals surface area contributed by atoms with Gasteiger partial charge >= 0.3 is 5.97 Å². The maximum Gasteiger partial charge on any atom is 0.354 e. The van der Waals surface area contributed by atoms with Crippen LogP contribution in [0.25, 0.3) is 22.2 Å². The van der Waals surface area contributed by atoms with Crippen molar-refractivity contribution in [2.45, 2.75) is 0 Å². The second-order valence-electron chi connectivity index (χ2n) is 4.13. The van der Waals surface area contributed by atoms with Gasteiger partial charge in [-0.15, -0.1) is 0 Å². The molecule has 1 aromatic heterocycles. The van der Waals surface area contributed by atoms with Gasteiger partial charge < -0.3 is 5.11 Å². The van der Waals surface area contributed by atoms with Crippen molar-refractivity contribution in [1.29, 1.82) is 0 Å². The van der Waals surface area contributed by atoms with Crippen LogP contribution < -0.4 is 0 Å². The van der Waals surface area contributed by atoms with E-state index in [0.29, 0.717) is 5.82 Å². The minimum Gasteiger partial charge on any atom is -0.477 e. The third kappa shape index (κ3) is 2.15. The van der Waals surface area contributed by atoms with Gasteiger partial charge in [0.2, 0.25) is 0 Å². The van der Waals surface area contributed by atoms with Crippen LogP contribution in [0.4, 0.5) is 0 Å². The van der Waals surface area contributed by atoms with E-state index in [1.807, 2.05) is 42.5 Å². The molecule has 0 unspecified atom stereocenters. The number of fused-ring (bicyclic) bond motifs is 1. The summed E-state index contributed by atoms with van der Waals surface area (Å²) in [6, 6.07) is 15.2. The quantitative estimate of drug-likeness (QED) is 0.759. The molecular weight excluding hydrogens is 240 g/mol. The number of carboxylic acid groups (broad SMARTS) is 1. The van der Waals surface area contributed by atoms with Crippen LogP contribution >= 0.6 is 0 Å². The Bertz CT molecular complexity index is 769. The van der Waals surface area contributed by atoms with Crippen LogP contribution in [-0.2, 0) is 0 Å². The average molecular weight is 250 g/mol. The van der Waals surface area contributed by atoms with E-state index in [1.54, 1.807) is 0 Å². The molecule has 1 N–H and O–H groups in total. The Morgan fingerprint density at radius 2 is 1.79 bits per heavy atom. The summed E-state index contributed by atoms with van der Waals surface area (Å²) in [5, 5.41) is 11.1. The molecule has 0 aliphatic heterocycles. The van der Waals surface area contributed by atoms with Crippen molar-refractivity contribution in [3.8, 4) is 11.4 Å². The molecule has 0 spiro atoms. The van der Waals surface area contributed by atoms with E-state index in [2.05, 4.69) is 9.97 Å². The zero-order chi connectivity index (χ0) is 13.2. The van der Waals surface area contributed by atoms with Gasteiger partial charge in [0, 0.05) is 11.8 Å². The van der Waals surface area contributed by atoms with Gasteiger partial charge in [0.05, 0.1) is 0 Å². The average Bonchev–Trinajstić information content (AvgIpc) is 2.47. The van der Waals surface area contributed by atoms with E-state index in [1.165, 1.54) is 12.3 Å². The van der Waals surface area contributed by atoms with Gasteiger partial charge in [0.25, 0.3) is 0 Å². The van der Waals surface area contributed by atoms with Gasteiger partial charge in [-0.05, 0) is 22.9 Å². The Morgan fingerprint density at radius 3 is 2.58 bits per heavy atom. The number of hydrogen-bond donors (Lipinski definition) is 1. The van der Waals surface area contributed by atoms with Crippen molar-refractivity contribution in [3.63, 3.8) is 0 Å². The molecule has 1 heterocycles. The fraction of sp³-hybridized carbons (Fsp3) is 0. The van der Waals surface area contributed by atoms with Gasteiger partial charge in [-0.3, -0.25) is 0 Å². The molecule has 4 nitrogen and oxygen atoms in total. The molecule has 0 aliphatic rings. The molecule has 3 aromatic rings. The van der Waals surface area contributed by atoms with Crippen LogP contribution in [-0.4, -0.2) is 21.0 Å². The van der Waals surface area contributed by atoms with E-state index in [-0.39, 0.29) is 5.69 Å². The number of aromatic nitrogens is 2. The summed E-state index contributed by atoms with van der Waals surface area (Å²) in [5.41, 5.74) is 0.806. The molecular formula is C15H10N2O2. The van der Waals surface area contributed by atoms with Crippen LogP contribution in [0, 0.1) is 0 Å². The van der Waals surface area contributed by atoms with Gasteiger partial charge in [0.15, 0.2) is 11.5 Å². The Balaban J connectivity index is 2.13. The Morgan fingerprint density at radius 1 is 1.00 bits per heavy atom. The highest BCUT2D eigenvalue weighted by molar-refractivity contribution is 5.88. The standard InChI is InChI=1S/C15H10N2O2/c18-15(19)13-7-8-16-14(17-13)12-6-5-10-3-1-2-4-11(10)9-12/h1-9H,(H,18,19). The molecule has 0 bridgehead atoms. The Hall–Kier alpha value is -2.75. The molecule has 0 amide bonds. The van der Waals surface area contributed by atoms with Crippen LogP contribution in [0.15, 0.2) is 54.7 Å². The first-order valence-corrected chi connectivity index (χ1v) is 5.79. The number of rotatable bonds is 2. The van der Waals surface area contributed by atoms with Crippen molar-refractivity contribution >= 4 is 16.7 Å². The maximum atomic E-state index is 10.9. The fourth-order valence-electron chi connectivity index (χ4n) is 1.95. The molecule has 92 valence electrons. The van der Waals surface area contributed by atoms with Gasteiger partial charge in [-0.2, -0.15) is 0 Å². The molecule has 0 fully saturated rings. The summed E-state index contributed by atoms with van der Waals surface area (Å²) in [5.74, 6) is -0.630. The molecule has 0 atom stereocenters. The summed E-state index contributed by atoms with van der Waals surface area (Å²) in [7, 11) is 0.